The maximum Gasteiger partial charge on any atom is 0.410 e. The summed E-state index contributed by atoms with van der Waals surface area (Å²) >= 11 is 0. The van der Waals surface area contributed by atoms with E-state index in [4.69, 9.17) is 9.57 Å². The lowest BCUT2D eigenvalue weighted by Crippen LogP contribution is -2.40. The first-order valence-electron chi connectivity index (χ1n) is 11.0. The van der Waals surface area contributed by atoms with E-state index in [1.165, 1.54) is 5.06 Å². The first-order valence-corrected chi connectivity index (χ1v) is 11.0. The van der Waals surface area contributed by atoms with Crippen LogP contribution in [-0.4, -0.2) is 93.1 Å². The molecule has 1 unspecified atom stereocenters. The summed E-state index contributed by atoms with van der Waals surface area (Å²) in [6.45, 7) is 11.2. The molecule has 1 N–H and O–H groups in total. The maximum atomic E-state index is 12.7. The van der Waals surface area contributed by atoms with E-state index >= 15 is 0 Å². The van der Waals surface area contributed by atoms with Crippen molar-refractivity contribution < 1.29 is 24.0 Å². The summed E-state index contributed by atoms with van der Waals surface area (Å²) in [5, 5.41) is 8.70. The standard InChI is InChI=1S/C22H30N6O5/c1-5-10-32-28-17-11-16(13-26(14-17)20(28)30)27-9-7-18(24-27)19(29)23-15-6-8-25(12-15)21(31)33-22(2,3)4/h5,7,9,11,15,17H,1,6,8,10,12-14H2,2-4H3,(H,23,29)/t15-,17?/m0/s1. The quantitative estimate of drug-likeness (QED) is 0.650. The van der Waals surface area contributed by atoms with E-state index in [1.54, 1.807) is 32.8 Å². The van der Waals surface area contributed by atoms with E-state index in [1.807, 2.05) is 26.8 Å². The van der Waals surface area contributed by atoms with Gasteiger partial charge in [-0.25, -0.2) is 14.3 Å². The highest BCUT2D eigenvalue weighted by atomic mass is 16.7. The van der Waals surface area contributed by atoms with Gasteiger partial charge in [-0.1, -0.05) is 6.08 Å². The number of rotatable bonds is 6. The van der Waals surface area contributed by atoms with Gasteiger partial charge in [-0.3, -0.25) is 9.63 Å². The molecule has 0 radical (unpaired) electrons. The number of hydrogen-bond acceptors (Lipinski definition) is 6. The molecular formula is C22H30N6O5. The van der Waals surface area contributed by atoms with E-state index in [0.717, 1.165) is 5.70 Å². The van der Waals surface area contributed by atoms with Crippen LogP contribution in [0.1, 0.15) is 37.7 Å². The van der Waals surface area contributed by atoms with Crippen LogP contribution < -0.4 is 5.32 Å². The zero-order chi connectivity index (χ0) is 23.8. The molecule has 3 aliphatic heterocycles. The third-order valence-electron chi connectivity index (χ3n) is 5.53. The van der Waals surface area contributed by atoms with Gasteiger partial charge in [-0.15, -0.1) is 6.58 Å². The van der Waals surface area contributed by atoms with E-state index in [0.29, 0.717) is 32.6 Å². The Balaban J connectivity index is 1.35. The second-order valence-electron chi connectivity index (χ2n) is 9.33. The monoisotopic (exact) mass is 458 g/mol. The SMILES string of the molecule is C=CCON1C(=O)N2CC(n3ccc(C(=O)N[C@H]4CCN(C(=O)OC(C)(C)C)C4)n3)=CC1C2. The molecule has 2 bridgehead atoms. The highest BCUT2D eigenvalue weighted by molar-refractivity contribution is 5.92. The van der Waals surface area contributed by atoms with E-state index < -0.39 is 5.60 Å². The van der Waals surface area contributed by atoms with E-state index in [2.05, 4.69) is 17.0 Å². The second kappa shape index (κ2) is 8.89. The number of fused-ring (bicyclic) bond motifs is 2. The molecule has 4 amide bonds. The minimum absolute atomic E-state index is 0.167. The van der Waals surface area contributed by atoms with Gasteiger partial charge in [0.15, 0.2) is 5.69 Å². The van der Waals surface area contributed by atoms with Crippen molar-refractivity contribution in [3.8, 4) is 0 Å². The van der Waals surface area contributed by atoms with Crippen molar-refractivity contribution >= 4 is 23.7 Å². The highest BCUT2D eigenvalue weighted by Crippen LogP contribution is 2.26. The molecule has 0 spiro atoms. The molecule has 33 heavy (non-hydrogen) atoms. The maximum absolute atomic E-state index is 12.7. The van der Waals surface area contributed by atoms with Gasteiger partial charge in [0.2, 0.25) is 0 Å². The first kappa shape index (κ1) is 22.8. The van der Waals surface area contributed by atoms with Gasteiger partial charge in [0.1, 0.15) is 5.60 Å². The van der Waals surface area contributed by atoms with Crippen molar-refractivity contribution in [3.63, 3.8) is 0 Å². The molecule has 4 rings (SSSR count). The van der Waals surface area contributed by atoms with Crippen LogP contribution in [0.2, 0.25) is 0 Å². The molecule has 1 aromatic rings. The Labute approximate surface area is 192 Å². The number of hydroxylamine groups is 2. The molecule has 0 saturated carbocycles. The summed E-state index contributed by atoms with van der Waals surface area (Å²) in [5.74, 6) is -0.309. The summed E-state index contributed by atoms with van der Waals surface area (Å²) in [7, 11) is 0. The molecule has 11 heteroatoms. The average molecular weight is 459 g/mol. The molecule has 1 aromatic heterocycles. The van der Waals surface area contributed by atoms with Crippen LogP contribution in [0.4, 0.5) is 9.59 Å². The number of nitrogens with one attached hydrogen (secondary N) is 1. The topological polar surface area (TPSA) is 109 Å². The zero-order valence-corrected chi connectivity index (χ0v) is 19.2. The number of nitrogens with zero attached hydrogens (tertiary/aromatic N) is 5. The molecule has 2 atom stereocenters. The predicted molar refractivity (Wildman–Crippen MR) is 119 cm³/mol. The number of carbonyl (C=O) groups is 3. The minimum Gasteiger partial charge on any atom is -0.444 e. The number of aromatic nitrogens is 2. The third kappa shape index (κ3) is 5.03. The van der Waals surface area contributed by atoms with E-state index in [9.17, 15) is 14.4 Å². The normalized spacial score (nSPS) is 22.5. The third-order valence-corrected chi connectivity index (χ3v) is 5.53. The Kier molecular flexibility index (Phi) is 6.15. The molecule has 2 fully saturated rings. The lowest BCUT2D eigenvalue weighted by molar-refractivity contribution is -0.107. The number of likely N-dealkylation sites (tertiary alicyclic amines) is 1. The van der Waals surface area contributed by atoms with Gasteiger partial charge in [-0.2, -0.15) is 10.2 Å². The highest BCUT2D eigenvalue weighted by Gasteiger charge is 2.41. The van der Waals surface area contributed by atoms with Crippen molar-refractivity contribution in [2.75, 3.05) is 32.8 Å². The van der Waals surface area contributed by atoms with Gasteiger partial charge < -0.3 is 19.9 Å². The van der Waals surface area contributed by atoms with Crippen molar-refractivity contribution in [2.24, 2.45) is 0 Å². The number of carbonyl (C=O) groups excluding carboxylic acids is 3. The van der Waals surface area contributed by atoms with Gasteiger partial charge >= 0.3 is 12.1 Å². The number of ether oxygens (including phenoxy) is 1. The summed E-state index contributed by atoms with van der Waals surface area (Å²) in [4.78, 5) is 46.2. The van der Waals surface area contributed by atoms with Crippen LogP contribution >= 0.6 is 0 Å². The van der Waals surface area contributed by atoms with Gasteiger partial charge in [0, 0.05) is 31.9 Å². The average Bonchev–Trinajstić information content (AvgIpc) is 3.46. The zero-order valence-electron chi connectivity index (χ0n) is 19.2. The Hall–Kier alpha value is -3.34. The molecule has 178 valence electrons. The number of amides is 4. The minimum atomic E-state index is -0.561. The smallest absolute Gasteiger partial charge is 0.410 e. The van der Waals surface area contributed by atoms with Gasteiger partial charge in [0.25, 0.3) is 5.91 Å². The summed E-state index contributed by atoms with van der Waals surface area (Å²) < 4.78 is 7.01. The Bertz CT molecular complexity index is 980. The molecule has 2 saturated heterocycles. The Morgan fingerprint density at radius 3 is 2.85 bits per heavy atom. The summed E-state index contributed by atoms with van der Waals surface area (Å²) in [6.07, 6.45) is 5.49. The van der Waals surface area contributed by atoms with Crippen LogP contribution in [0.15, 0.2) is 31.0 Å². The van der Waals surface area contributed by atoms with Crippen molar-refractivity contribution in [3.05, 3.63) is 36.7 Å². The summed E-state index contributed by atoms with van der Waals surface area (Å²) in [6, 6.07) is 1.05. The number of urea groups is 1. The Morgan fingerprint density at radius 1 is 1.33 bits per heavy atom. The summed E-state index contributed by atoms with van der Waals surface area (Å²) in [5.41, 5.74) is 0.500. The van der Waals surface area contributed by atoms with Crippen LogP contribution in [0.25, 0.3) is 5.70 Å². The van der Waals surface area contributed by atoms with Gasteiger partial charge in [-0.05, 0) is 39.3 Å². The Morgan fingerprint density at radius 2 is 2.12 bits per heavy atom. The fraction of sp³-hybridized carbons (Fsp3) is 0.545. The van der Waals surface area contributed by atoms with Crippen LogP contribution in [0.5, 0.6) is 0 Å². The van der Waals surface area contributed by atoms with Crippen molar-refractivity contribution in [2.45, 2.75) is 44.9 Å². The number of hydrogen-bond donors (Lipinski definition) is 1. The molecular weight excluding hydrogens is 428 g/mol. The first-order chi connectivity index (χ1) is 15.6. The predicted octanol–water partition coefficient (Wildman–Crippen LogP) is 1.70. The van der Waals surface area contributed by atoms with Crippen LogP contribution in [-0.2, 0) is 9.57 Å². The van der Waals surface area contributed by atoms with Crippen LogP contribution in [0, 0.1) is 0 Å². The van der Waals surface area contributed by atoms with Gasteiger partial charge in [0.05, 0.1) is 24.9 Å². The van der Waals surface area contributed by atoms with E-state index in [-0.39, 0.29) is 42.4 Å². The molecule has 3 aliphatic rings. The molecule has 0 aliphatic carbocycles. The molecule has 4 heterocycles. The van der Waals surface area contributed by atoms with Crippen molar-refractivity contribution in [1.82, 2.24) is 30.0 Å². The molecule has 0 aromatic carbocycles. The lowest BCUT2D eigenvalue weighted by atomic mass is 10.2. The van der Waals surface area contributed by atoms with Crippen LogP contribution in [0.3, 0.4) is 0 Å². The largest absolute Gasteiger partial charge is 0.444 e. The fourth-order valence-electron chi connectivity index (χ4n) is 4.05. The fourth-order valence-corrected chi connectivity index (χ4v) is 4.05. The molecule has 11 nitrogen and oxygen atoms in total. The second-order valence-corrected chi connectivity index (χ2v) is 9.33. The van der Waals surface area contributed by atoms with Crippen molar-refractivity contribution in [1.29, 1.82) is 0 Å². The lowest BCUT2D eigenvalue weighted by Gasteiger charge is -2.24.